The summed E-state index contributed by atoms with van der Waals surface area (Å²) < 4.78 is 5.83. The Morgan fingerprint density at radius 2 is 1.62 bits per heavy atom. The van der Waals surface area contributed by atoms with E-state index in [9.17, 15) is 9.59 Å². The second-order valence-electron chi connectivity index (χ2n) is 8.98. The molecular weight excluding hydrogens is 426 g/mol. The molecule has 2 aromatic carbocycles. The molecule has 0 aliphatic carbocycles. The smallest absolute Gasteiger partial charge is 0.253 e. The first-order valence-corrected chi connectivity index (χ1v) is 12.8. The number of rotatable bonds is 12. The molecule has 2 aromatic rings. The highest BCUT2D eigenvalue weighted by molar-refractivity contribution is 5.96. The third-order valence-corrected chi connectivity index (χ3v) is 6.09. The first kappa shape index (κ1) is 25.6. The van der Waals surface area contributed by atoms with Gasteiger partial charge in [0.25, 0.3) is 5.91 Å². The average molecular weight is 466 g/mol. The maximum atomic E-state index is 12.9. The van der Waals surface area contributed by atoms with Crippen LogP contribution in [-0.4, -0.2) is 43.0 Å². The van der Waals surface area contributed by atoms with E-state index in [1.165, 1.54) is 38.5 Å². The summed E-state index contributed by atoms with van der Waals surface area (Å²) in [5.41, 5.74) is 2.13. The van der Waals surface area contributed by atoms with Crippen LogP contribution in [0.3, 0.4) is 0 Å². The molecule has 6 heteroatoms. The fourth-order valence-electron chi connectivity index (χ4n) is 4.17. The molecule has 0 unspecified atom stereocenters. The Kier molecular flexibility index (Phi) is 10.8. The van der Waals surface area contributed by atoms with Gasteiger partial charge in [-0.1, -0.05) is 57.6 Å². The van der Waals surface area contributed by atoms with Crippen LogP contribution in [-0.2, 0) is 4.79 Å². The van der Waals surface area contributed by atoms with Gasteiger partial charge < -0.3 is 20.3 Å². The Hall–Kier alpha value is -3.02. The number of amides is 2. The molecule has 2 N–H and O–H groups in total. The molecule has 0 aromatic heterocycles. The minimum absolute atomic E-state index is 0.0668. The van der Waals surface area contributed by atoms with Crippen LogP contribution >= 0.6 is 0 Å². The quantitative estimate of drug-likeness (QED) is 0.372. The van der Waals surface area contributed by atoms with Crippen LogP contribution in [0.2, 0.25) is 0 Å². The lowest BCUT2D eigenvalue weighted by atomic mass is 10.1. The van der Waals surface area contributed by atoms with E-state index in [-0.39, 0.29) is 18.4 Å². The van der Waals surface area contributed by atoms with E-state index in [0.717, 1.165) is 43.8 Å². The zero-order valence-electron chi connectivity index (χ0n) is 20.5. The predicted octanol–water partition coefficient (Wildman–Crippen LogP) is 6.10. The Morgan fingerprint density at radius 1 is 0.882 bits per heavy atom. The van der Waals surface area contributed by atoms with Gasteiger partial charge in [-0.2, -0.15) is 0 Å². The summed E-state index contributed by atoms with van der Waals surface area (Å²) in [6.45, 7) is 4.65. The molecule has 6 nitrogen and oxygen atoms in total. The van der Waals surface area contributed by atoms with Gasteiger partial charge in [-0.05, 0) is 49.6 Å². The summed E-state index contributed by atoms with van der Waals surface area (Å²) in [6.07, 6.45) is 10.5. The van der Waals surface area contributed by atoms with Crippen LogP contribution in [0.15, 0.2) is 48.5 Å². The standard InChI is InChI=1S/C28H39N3O3/c1-2-3-4-7-10-19-34-26-16-12-15-25(21-26)30-27(32)22-29-24-14-11-13-23(20-24)28(33)31-17-8-5-6-9-18-31/h11-16,20-21,29H,2-10,17-19,22H2,1H3,(H,30,32). The number of hydrogen-bond donors (Lipinski definition) is 2. The van der Waals surface area contributed by atoms with Crippen LogP contribution in [0.5, 0.6) is 5.75 Å². The molecule has 1 saturated heterocycles. The highest BCUT2D eigenvalue weighted by Gasteiger charge is 2.17. The van der Waals surface area contributed by atoms with Crippen LogP contribution in [0, 0.1) is 0 Å². The first-order chi connectivity index (χ1) is 16.7. The number of hydrogen-bond acceptors (Lipinski definition) is 4. The number of carbonyl (C=O) groups excluding carboxylic acids is 2. The monoisotopic (exact) mass is 465 g/mol. The Balaban J connectivity index is 1.45. The Labute approximate surface area is 204 Å². The van der Waals surface area contributed by atoms with Gasteiger partial charge in [0.2, 0.25) is 5.91 Å². The lowest BCUT2D eigenvalue weighted by molar-refractivity contribution is -0.114. The fraction of sp³-hybridized carbons (Fsp3) is 0.500. The van der Waals surface area contributed by atoms with Crippen molar-refractivity contribution in [3.8, 4) is 5.75 Å². The maximum Gasteiger partial charge on any atom is 0.253 e. The number of carbonyl (C=O) groups is 2. The fourth-order valence-corrected chi connectivity index (χ4v) is 4.17. The van der Waals surface area contributed by atoms with Crippen molar-refractivity contribution in [1.82, 2.24) is 4.90 Å². The van der Waals surface area contributed by atoms with Gasteiger partial charge >= 0.3 is 0 Å². The van der Waals surface area contributed by atoms with Crippen LogP contribution in [0.4, 0.5) is 11.4 Å². The van der Waals surface area contributed by atoms with Crippen molar-refractivity contribution < 1.29 is 14.3 Å². The van der Waals surface area contributed by atoms with Crippen molar-refractivity contribution in [2.24, 2.45) is 0 Å². The van der Waals surface area contributed by atoms with Crippen LogP contribution < -0.4 is 15.4 Å². The molecule has 0 radical (unpaired) electrons. The second-order valence-corrected chi connectivity index (χ2v) is 8.98. The molecule has 3 rings (SSSR count). The third kappa shape index (κ3) is 8.73. The zero-order valence-corrected chi connectivity index (χ0v) is 20.5. The molecule has 1 fully saturated rings. The van der Waals surface area contributed by atoms with Gasteiger partial charge in [0.1, 0.15) is 5.75 Å². The summed E-state index contributed by atoms with van der Waals surface area (Å²) in [7, 11) is 0. The number of nitrogens with one attached hydrogen (secondary N) is 2. The highest BCUT2D eigenvalue weighted by Crippen LogP contribution is 2.19. The third-order valence-electron chi connectivity index (χ3n) is 6.09. The maximum absolute atomic E-state index is 12.9. The number of likely N-dealkylation sites (tertiary alicyclic amines) is 1. The van der Waals surface area contributed by atoms with Crippen LogP contribution in [0.1, 0.15) is 75.1 Å². The lowest BCUT2D eigenvalue weighted by Crippen LogP contribution is -2.31. The molecule has 0 saturated carbocycles. The first-order valence-electron chi connectivity index (χ1n) is 12.8. The lowest BCUT2D eigenvalue weighted by Gasteiger charge is -2.20. The Bertz CT molecular complexity index is 907. The topological polar surface area (TPSA) is 70.7 Å². The summed E-state index contributed by atoms with van der Waals surface area (Å²) in [5.74, 6) is 0.680. The van der Waals surface area contributed by atoms with Gasteiger partial charge in [-0.25, -0.2) is 0 Å². The minimum atomic E-state index is -0.152. The molecule has 2 amide bonds. The van der Waals surface area contributed by atoms with Crippen molar-refractivity contribution in [1.29, 1.82) is 0 Å². The molecule has 1 heterocycles. The second kappa shape index (κ2) is 14.3. The molecule has 0 bridgehead atoms. The van der Waals surface area contributed by atoms with Gasteiger partial charge in [-0.3, -0.25) is 9.59 Å². The summed E-state index contributed by atoms with van der Waals surface area (Å²) in [5, 5.41) is 6.04. The molecular formula is C28H39N3O3. The summed E-state index contributed by atoms with van der Waals surface area (Å²) in [4.78, 5) is 27.3. The molecule has 1 aliphatic rings. The molecule has 0 spiro atoms. The zero-order chi connectivity index (χ0) is 24.0. The summed E-state index contributed by atoms with van der Waals surface area (Å²) in [6, 6.07) is 14.9. The number of anilines is 2. The minimum Gasteiger partial charge on any atom is -0.494 e. The normalized spacial score (nSPS) is 13.7. The predicted molar refractivity (Wildman–Crippen MR) is 139 cm³/mol. The van der Waals surface area contributed by atoms with E-state index in [2.05, 4.69) is 17.6 Å². The van der Waals surface area contributed by atoms with Crippen molar-refractivity contribution in [3.05, 3.63) is 54.1 Å². The average Bonchev–Trinajstić information content (AvgIpc) is 3.15. The number of ether oxygens (including phenoxy) is 1. The highest BCUT2D eigenvalue weighted by atomic mass is 16.5. The van der Waals surface area contributed by atoms with Crippen molar-refractivity contribution in [3.63, 3.8) is 0 Å². The van der Waals surface area contributed by atoms with Gasteiger partial charge in [0.05, 0.1) is 13.2 Å². The largest absolute Gasteiger partial charge is 0.494 e. The van der Waals surface area contributed by atoms with Crippen LogP contribution in [0.25, 0.3) is 0 Å². The van der Waals surface area contributed by atoms with Gasteiger partial charge in [0.15, 0.2) is 0 Å². The molecule has 0 atom stereocenters. The van der Waals surface area contributed by atoms with E-state index in [0.29, 0.717) is 17.9 Å². The van der Waals surface area contributed by atoms with Gasteiger partial charge in [-0.15, -0.1) is 0 Å². The Morgan fingerprint density at radius 3 is 2.41 bits per heavy atom. The summed E-state index contributed by atoms with van der Waals surface area (Å²) >= 11 is 0. The van der Waals surface area contributed by atoms with E-state index >= 15 is 0 Å². The SMILES string of the molecule is CCCCCCCOc1cccc(NC(=O)CNc2cccc(C(=O)N3CCCCCC3)c2)c1. The molecule has 34 heavy (non-hydrogen) atoms. The number of benzene rings is 2. The van der Waals surface area contributed by atoms with E-state index in [4.69, 9.17) is 4.74 Å². The molecule has 1 aliphatic heterocycles. The van der Waals surface area contributed by atoms with Gasteiger partial charge in [0, 0.05) is 36.1 Å². The van der Waals surface area contributed by atoms with E-state index in [1.807, 2.05) is 53.4 Å². The molecule has 184 valence electrons. The number of unbranched alkanes of at least 4 members (excludes halogenated alkanes) is 4. The van der Waals surface area contributed by atoms with Crippen molar-refractivity contribution >= 4 is 23.2 Å². The number of nitrogens with zero attached hydrogens (tertiary/aromatic N) is 1. The van der Waals surface area contributed by atoms with Crippen molar-refractivity contribution in [2.45, 2.75) is 64.7 Å². The van der Waals surface area contributed by atoms with E-state index in [1.54, 1.807) is 0 Å². The van der Waals surface area contributed by atoms with E-state index < -0.39 is 0 Å². The van der Waals surface area contributed by atoms with Crippen molar-refractivity contribution in [2.75, 3.05) is 36.9 Å².